The number of carbonyl (C=O) groups is 2. The molecule has 8 heteroatoms. The fourth-order valence-electron chi connectivity index (χ4n) is 4.92. The third-order valence-electron chi connectivity index (χ3n) is 7.02. The first-order valence-electron chi connectivity index (χ1n) is 13.1. The molecule has 3 aromatic carbocycles. The number of benzene rings is 3. The van der Waals surface area contributed by atoms with Crippen molar-refractivity contribution >= 4 is 33.7 Å². The van der Waals surface area contributed by atoms with Gasteiger partial charge in [0.05, 0.1) is 18.3 Å². The van der Waals surface area contributed by atoms with Crippen molar-refractivity contribution in [3.8, 4) is 5.75 Å². The van der Waals surface area contributed by atoms with Crippen molar-refractivity contribution in [1.82, 2.24) is 14.5 Å². The number of nitrogens with zero attached hydrogens (tertiary/aromatic N) is 3. The summed E-state index contributed by atoms with van der Waals surface area (Å²) in [6.07, 6.45) is 2.28. The topological polar surface area (TPSA) is 93.9 Å². The number of carboxylic acid groups (broad SMARTS) is 1. The predicted octanol–water partition coefficient (Wildman–Crippen LogP) is 5.31. The average molecular weight is 538 g/mol. The highest BCUT2D eigenvalue weighted by Gasteiger charge is 2.23. The molecule has 0 radical (unpaired) electrons. The number of amides is 1. The normalized spacial score (nSPS) is 11.2. The van der Waals surface area contributed by atoms with Crippen LogP contribution in [0.15, 0.2) is 85.1 Å². The molecule has 0 fully saturated rings. The second-order valence-electron chi connectivity index (χ2n) is 9.67. The SMILES string of the molecule is COCc1c(C(=O)O)ncc2c1c1cc(OCc3ccccc3)ccc1n2CC(=O)N(C)CCc1ccccc1. The van der Waals surface area contributed by atoms with Gasteiger partial charge in [-0.25, -0.2) is 9.78 Å². The predicted molar refractivity (Wildman–Crippen MR) is 153 cm³/mol. The molecule has 5 rings (SSSR count). The summed E-state index contributed by atoms with van der Waals surface area (Å²) >= 11 is 0. The van der Waals surface area contributed by atoms with Crippen molar-refractivity contribution in [1.29, 1.82) is 0 Å². The molecule has 204 valence electrons. The van der Waals surface area contributed by atoms with E-state index in [2.05, 4.69) is 4.98 Å². The van der Waals surface area contributed by atoms with Gasteiger partial charge in [0, 0.05) is 42.6 Å². The number of hydrogen-bond donors (Lipinski definition) is 1. The molecule has 0 atom stereocenters. The van der Waals surface area contributed by atoms with Gasteiger partial charge in [-0.1, -0.05) is 60.7 Å². The molecule has 2 aromatic heterocycles. The first-order chi connectivity index (χ1) is 19.5. The standard InChI is InChI=1S/C32H31N3O5/c1-34(16-15-22-9-5-3-6-10-22)29(36)19-35-27-14-13-24(40-20-23-11-7-4-8-12-23)17-25(27)30-26(21-39-2)31(32(37)38)33-18-28(30)35/h3-14,17-18H,15-16,19-21H2,1-2H3,(H,37,38). The van der Waals surface area contributed by atoms with Crippen LogP contribution in [0.5, 0.6) is 5.75 Å². The van der Waals surface area contributed by atoms with E-state index < -0.39 is 5.97 Å². The number of ether oxygens (including phenoxy) is 2. The zero-order valence-corrected chi connectivity index (χ0v) is 22.5. The molecule has 0 unspecified atom stereocenters. The number of fused-ring (bicyclic) bond motifs is 3. The highest BCUT2D eigenvalue weighted by Crippen LogP contribution is 2.35. The van der Waals surface area contributed by atoms with Gasteiger partial charge < -0.3 is 24.0 Å². The number of pyridine rings is 1. The average Bonchev–Trinajstić information content (AvgIpc) is 3.28. The highest BCUT2D eigenvalue weighted by atomic mass is 16.5. The van der Waals surface area contributed by atoms with Crippen LogP contribution in [0.2, 0.25) is 0 Å². The van der Waals surface area contributed by atoms with Crippen molar-refractivity contribution in [2.75, 3.05) is 20.7 Å². The van der Waals surface area contributed by atoms with Gasteiger partial charge in [0.2, 0.25) is 5.91 Å². The second-order valence-corrected chi connectivity index (χ2v) is 9.67. The third-order valence-corrected chi connectivity index (χ3v) is 7.02. The number of rotatable bonds is 11. The van der Waals surface area contributed by atoms with Crippen LogP contribution in [-0.4, -0.2) is 52.1 Å². The number of carboxylic acids is 1. The summed E-state index contributed by atoms with van der Waals surface area (Å²) in [5.74, 6) is -0.559. The summed E-state index contributed by atoms with van der Waals surface area (Å²) < 4.78 is 13.4. The lowest BCUT2D eigenvalue weighted by Gasteiger charge is -2.18. The van der Waals surface area contributed by atoms with Crippen molar-refractivity contribution in [3.63, 3.8) is 0 Å². The Morgan fingerprint density at radius 3 is 2.30 bits per heavy atom. The third kappa shape index (κ3) is 5.67. The van der Waals surface area contributed by atoms with E-state index in [-0.39, 0.29) is 24.8 Å². The van der Waals surface area contributed by atoms with Gasteiger partial charge in [-0.05, 0) is 35.7 Å². The maximum Gasteiger partial charge on any atom is 0.354 e. The lowest BCUT2D eigenvalue weighted by Crippen LogP contribution is -2.31. The van der Waals surface area contributed by atoms with Gasteiger partial charge in [0.25, 0.3) is 0 Å². The molecule has 1 amide bonds. The van der Waals surface area contributed by atoms with Crippen molar-refractivity contribution < 1.29 is 24.2 Å². The summed E-state index contributed by atoms with van der Waals surface area (Å²) in [4.78, 5) is 31.4. The van der Waals surface area contributed by atoms with Gasteiger partial charge in [-0.3, -0.25) is 4.79 Å². The second kappa shape index (κ2) is 12.0. The number of methoxy groups -OCH3 is 1. The summed E-state index contributed by atoms with van der Waals surface area (Å²) in [6, 6.07) is 25.6. The molecule has 8 nitrogen and oxygen atoms in total. The molecule has 0 aliphatic heterocycles. The number of hydrogen-bond acceptors (Lipinski definition) is 5. The van der Waals surface area contributed by atoms with E-state index in [0.717, 1.165) is 28.5 Å². The largest absolute Gasteiger partial charge is 0.489 e. The summed E-state index contributed by atoms with van der Waals surface area (Å²) in [7, 11) is 3.31. The molecule has 0 aliphatic rings. The van der Waals surface area contributed by atoms with E-state index >= 15 is 0 Å². The van der Waals surface area contributed by atoms with Crippen LogP contribution in [-0.2, 0) is 35.7 Å². The summed E-state index contributed by atoms with van der Waals surface area (Å²) in [5.41, 5.74) is 4.03. The van der Waals surface area contributed by atoms with Gasteiger partial charge in [-0.2, -0.15) is 0 Å². The molecule has 5 aromatic rings. The number of aromatic nitrogens is 2. The molecular weight excluding hydrogens is 506 g/mol. The molecule has 0 aliphatic carbocycles. The quantitative estimate of drug-likeness (QED) is 0.245. The summed E-state index contributed by atoms with van der Waals surface area (Å²) in [6.45, 7) is 1.11. The molecule has 0 saturated carbocycles. The fourth-order valence-corrected chi connectivity index (χ4v) is 4.92. The minimum atomic E-state index is -1.14. The van der Waals surface area contributed by atoms with Crippen LogP contribution < -0.4 is 4.74 Å². The van der Waals surface area contributed by atoms with Crippen LogP contribution in [0.1, 0.15) is 27.2 Å². The van der Waals surface area contributed by atoms with Gasteiger partial charge in [0.1, 0.15) is 18.9 Å². The van der Waals surface area contributed by atoms with E-state index in [9.17, 15) is 14.7 Å². The molecule has 1 N–H and O–H groups in total. The Morgan fingerprint density at radius 2 is 1.62 bits per heavy atom. The molecule has 0 bridgehead atoms. The van der Waals surface area contributed by atoms with Crippen LogP contribution in [0, 0.1) is 0 Å². The molecule has 40 heavy (non-hydrogen) atoms. The van der Waals surface area contributed by atoms with Crippen molar-refractivity contribution in [2.24, 2.45) is 0 Å². The number of carbonyl (C=O) groups excluding carboxylic acids is 1. The maximum absolute atomic E-state index is 13.4. The van der Waals surface area contributed by atoms with E-state index in [1.165, 1.54) is 13.3 Å². The fraction of sp³-hybridized carbons (Fsp3) is 0.219. The van der Waals surface area contributed by atoms with Gasteiger partial charge >= 0.3 is 5.97 Å². The van der Waals surface area contributed by atoms with Gasteiger partial charge in [-0.15, -0.1) is 0 Å². The molecule has 0 spiro atoms. The molecule has 0 saturated heterocycles. The Morgan fingerprint density at radius 1 is 0.925 bits per heavy atom. The number of likely N-dealkylation sites (N-methyl/N-ethyl adjacent to an activating group) is 1. The van der Waals surface area contributed by atoms with Crippen LogP contribution in [0.4, 0.5) is 0 Å². The van der Waals surface area contributed by atoms with Crippen LogP contribution >= 0.6 is 0 Å². The Kier molecular flexibility index (Phi) is 8.07. The summed E-state index contributed by atoms with van der Waals surface area (Å²) in [5, 5.41) is 11.3. The highest BCUT2D eigenvalue weighted by molar-refractivity contribution is 6.12. The Hall–Kier alpha value is -4.69. The maximum atomic E-state index is 13.4. The zero-order chi connectivity index (χ0) is 28.1. The van der Waals surface area contributed by atoms with Crippen molar-refractivity contribution in [2.45, 2.75) is 26.2 Å². The zero-order valence-electron chi connectivity index (χ0n) is 22.5. The number of aromatic carboxylic acids is 1. The van der Waals surface area contributed by atoms with Crippen LogP contribution in [0.25, 0.3) is 21.8 Å². The first kappa shape index (κ1) is 26.9. The Labute approximate surface area is 232 Å². The molecule has 2 heterocycles. The lowest BCUT2D eigenvalue weighted by atomic mass is 10.1. The van der Waals surface area contributed by atoms with E-state index in [0.29, 0.717) is 35.4 Å². The Bertz CT molecular complexity index is 1650. The lowest BCUT2D eigenvalue weighted by molar-refractivity contribution is -0.130. The van der Waals surface area contributed by atoms with E-state index in [4.69, 9.17) is 9.47 Å². The Balaban J connectivity index is 1.53. The smallest absolute Gasteiger partial charge is 0.354 e. The van der Waals surface area contributed by atoms with Crippen molar-refractivity contribution in [3.05, 3.63) is 107 Å². The first-order valence-corrected chi connectivity index (χ1v) is 13.1. The van der Waals surface area contributed by atoms with E-state index in [1.807, 2.05) is 83.4 Å². The van der Waals surface area contributed by atoms with Crippen LogP contribution in [0.3, 0.4) is 0 Å². The van der Waals surface area contributed by atoms with E-state index in [1.54, 1.807) is 11.9 Å². The monoisotopic (exact) mass is 537 g/mol. The molecular formula is C32H31N3O5. The van der Waals surface area contributed by atoms with Gasteiger partial charge in [0.15, 0.2) is 5.69 Å². The minimum Gasteiger partial charge on any atom is -0.489 e. The minimum absolute atomic E-state index is 0.0604.